The van der Waals surface area contributed by atoms with Crippen molar-refractivity contribution in [2.75, 3.05) is 30.3 Å². The summed E-state index contributed by atoms with van der Waals surface area (Å²) in [6, 6.07) is 0. The van der Waals surface area contributed by atoms with Gasteiger partial charge in [0, 0.05) is 19.7 Å². The minimum absolute atomic E-state index is 0.123. The first-order chi connectivity index (χ1) is 8.19. The van der Waals surface area contributed by atoms with Crippen molar-refractivity contribution in [1.29, 1.82) is 0 Å². The number of nitrogen functional groups attached to an aromatic ring is 1. The van der Waals surface area contributed by atoms with Crippen molar-refractivity contribution in [1.82, 2.24) is 15.0 Å². The van der Waals surface area contributed by atoms with E-state index < -0.39 is 0 Å². The summed E-state index contributed by atoms with van der Waals surface area (Å²) in [5, 5.41) is 0.123. The van der Waals surface area contributed by atoms with Gasteiger partial charge >= 0.3 is 0 Å². The second kappa shape index (κ2) is 5.46. The molecule has 1 aromatic rings. The van der Waals surface area contributed by atoms with Gasteiger partial charge in [0.05, 0.1) is 6.10 Å². The summed E-state index contributed by atoms with van der Waals surface area (Å²) in [6.45, 7) is 4.40. The second-order valence-corrected chi connectivity index (χ2v) is 4.27. The molecule has 0 radical (unpaired) electrons. The van der Waals surface area contributed by atoms with Crippen LogP contribution in [-0.4, -0.2) is 40.8 Å². The Morgan fingerprint density at radius 2 is 2.29 bits per heavy atom. The van der Waals surface area contributed by atoms with E-state index in [1.165, 1.54) is 0 Å². The maximum absolute atomic E-state index is 5.77. The maximum Gasteiger partial charge on any atom is 0.231 e. The number of nitrogens with two attached hydrogens (primary N) is 1. The molecule has 1 aromatic heterocycles. The zero-order valence-corrected chi connectivity index (χ0v) is 10.5. The first-order valence-corrected chi connectivity index (χ1v) is 6.10. The number of halogens is 1. The molecule has 7 heteroatoms. The smallest absolute Gasteiger partial charge is 0.231 e. The number of nitrogens with zero attached hydrogens (tertiary/aromatic N) is 4. The maximum atomic E-state index is 5.77. The van der Waals surface area contributed by atoms with E-state index in [2.05, 4.69) is 15.0 Å². The first kappa shape index (κ1) is 12.3. The fourth-order valence-corrected chi connectivity index (χ4v) is 2.04. The van der Waals surface area contributed by atoms with Crippen molar-refractivity contribution < 1.29 is 4.74 Å². The van der Waals surface area contributed by atoms with E-state index in [-0.39, 0.29) is 17.3 Å². The van der Waals surface area contributed by atoms with Crippen LogP contribution in [0.2, 0.25) is 5.28 Å². The highest BCUT2D eigenvalue weighted by atomic mass is 35.5. The van der Waals surface area contributed by atoms with Crippen molar-refractivity contribution in [3.63, 3.8) is 0 Å². The third-order valence-electron chi connectivity index (χ3n) is 2.73. The fraction of sp³-hybridized carbons (Fsp3) is 0.700. The van der Waals surface area contributed by atoms with Gasteiger partial charge in [-0.15, -0.1) is 0 Å². The number of hydrogen-bond acceptors (Lipinski definition) is 6. The molecule has 0 aliphatic carbocycles. The van der Waals surface area contributed by atoms with Gasteiger partial charge in [0.25, 0.3) is 0 Å². The molecule has 0 saturated carbocycles. The van der Waals surface area contributed by atoms with Crippen molar-refractivity contribution >= 4 is 23.5 Å². The normalized spacial score (nSPS) is 19.5. The van der Waals surface area contributed by atoms with Gasteiger partial charge in [-0.1, -0.05) is 0 Å². The van der Waals surface area contributed by atoms with Crippen LogP contribution >= 0.6 is 11.6 Å². The Kier molecular flexibility index (Phi) is 3.96. The fourth-order valence-electron chi connectivity index (χ4n) is 1.88. The average molecular weight is 258 g/mol. The van der Waals surface area contributed by atoms with E-state index in [4.69, 9.17) is 22.1 Å². The average Bonchev–Trinajstić information content (AvgIpc) is 2.77. The molecule has 1 unspecified atom stereocenters. The second-order valence-electron chi connectivity index (χ2n) is 3.94. The van der Waals surface area contributed by atoms with Gasteiger partial charge < -0.3 is 15.4 Å². The monoisotopic (exact) mass is 257 g/mol. The molecule has 0 amide bonds. The van der Waals surface area contributed by atoms with Gasteiger partial charge in [0.15, 0.2) is 0 Å². The number of aromatic nitrogens is 3. The predicted molar refractivity (Wildman–Crippen MR) is 66.1 cm³/mol. The Morgan fingerprint density at radius 3 is 2.88 bits per heavy atom. The zero-order valence-electron chi connectivity index (χ0n) is 9.77. The van der Waals surface area contributed by atoms with E-state index in [1.54, 1.807) is 0 Å². The SMILES string of the molecule is CCN(CC1CCCO1)c1nc(N)nc(Cl)n1. The Hall–Kier alpha value is -1.14. The van der Waals surface area contributed by atoms with Crippen LogP contribution in [0.25, 0.3) is 0 Å². The molecular formula is C10H16ClN5O. The number of hydrogen-bond donors (Lipinski definition) is 1. The van der Waals surface area contributed by atoms with Gasteiger partial charge in [-0.05, 0) is 31.4 Å². The summed E-state index contributed by atoms with van der Waals surface area (Å²) in [7, 11) is 0. The number of likely N-dealkylation sites (N-methyl/N-ethyl adjacent to an activating group) is 1. The highest BCUT2D eigenvalue weighted by Gasteiger charge is 2.20. The van der Waals surface area contributed by atoms with Crippen LogP contribution in [0.3, 0.4) is 0 Å². The van der Waals surface area contributed by atoms with Crippen molar-refractivity contribution in [3.8, 4) is 0 Å². The van der Waals surface area contributed by atoms with Gasteiger partial charge in [-0.2, -0.15) is 15.0 Å². The van der Waals surface area contributed by atoms with Crippen molar-refractivity contribution in [2.24, 2.45) is 0 Å². The molecule has 6 nitrogen and oxygen atoms in total. The molecule has 1 saturated heterocycles. The first-order valence-electron chi connectivity index (χ1n) is 5.72. The van der Waals surface area contributed by atoms with Crippen molar-refractivity contribution in [2.45, 2.75) is 25.9 Å². The third kappa shape index (κ3) is 3.17. The Morgan fingerprint density at radius 1 is 1.47 bits per heavy atom. The number of ether oxygens (including phenoxy) is 1. The van der Waals surface area contributed by atoms with Crippen LogP contribution in [0.4, 0.5) is 11.9 Å². The van der Waals surface area contributed by atoms with E-state index >= 15 is 0 Å². The lowest BCUT2D eigenvalue weighted by atomic mass is 10.2. The van der Waals surface area contributed by atoms with Crippen LogP contribution < -0.4 is 10.6 Å². The summed E-state index contributed by atoms with van der Waals surface area (Å²) in [5.74, 6) is 0.659. The third-order valence-corrected chi connectivity index (χ3v) is 2.90. The molecule has 17 heavy (non-hydrogen) atoms. The summed E-state index contributed by atoms with van der Waals surface area (Å²) < 4.78 is 5.59. The van der Waals surface area contributed by atoms with Gasteiger partial charge in [0.1, 0.15) is 0 Å². The Labute approximate surface area is 105 Å². The summed E-state index contributed by atoms with van der Waals surface area (Å²) >= 11 is 5.77. The quantitative estimate of drug-likeness (QED) is 0.871. The summed E-state index contributed by atoms with van der Waals surface area (Å²) in [5.41, 5.74) is 5.56. The van der Waals surface area contributed by atoms with E-state index in [0.29, 0.717) is 5.95 Å². The minimum Gasteiger partial charge on any atom is -0.376 e. The number of rotatable bonds is 4. The van der Waals surface area contributed by atoms with E-state index in [1.807, 2.05) is 11.8 Å². The summed E-state index contributed by atoms with van der Waals surface area (Å²) in [4.78, 5) is 13.9. The van der Waals surface area contributed by atoms with Crippen LogP contribution in [-0.2, 0) is 4.74 Å². The molecule has 1 aliphatic heterocycles. The highest BCUT2D eigenvalue weighted by molar-refractivity contribution is 6.28. The molecule has 94 valence electrons. The van der Waals surface area contributed by atoms with E-state index in [0.717, 1.165) is 32.5 Å². The lowest BCUT2D eigenvalue weighted by Gasteiger charge is -2.23. The molecular weight excluding hydrogens is 242 g/mol. The molecule has 2 rings (SSSR count). The van der Waals surface area contributed by atoms with Gasteiger partial charge in [0.2, 0.25) is 17.2 Å². The highest BCUT2D eigenvalue weighted by Crippen LogP contribution is 2.17. The predicted octanol–water partition coefficient (Wildman–Crippen LogP) is 1.11. The number of anilines is 2. The largest absolute Gasteiger partial charge is 0.376 e. The molecule has 2 N–H and O–H groups in total. The lowest BCUT2D eigenvalue weighted by Crippen LogP contribution is -2.33. The van der Waals surface area contributed by atoms with Crippen LogP contribution in [0.5, 0.6) is 0 Å². The molecule has 0 aromatic carbocycles. The Bertz CT molecular complexity index is 363. The Balaban J connectivity index is 2.10. The lowest BCUT2D eigenvalue weighted by molar-refractivity contribution is 0.115. The van der Waals surface area contributed by atoms with Crippen LogP contribution in [0, 0.1) is 0 Å². The summed E-state index contributed by atoms with van der Waals surface area (Å²) in [6.07, 6.45) is 2.43. The topological polar surface area (TPSA) is 77.2 Å². The molecule has 1 atom stereocenters. The molecule has 1 fully saturated rings. The molecule has 1 aliphatic rings. The van der Waals surface area contributed by atoms with Crippen LogP contribution in [0.1, 0.15) is 19.8 Å². The minimum atomic E-state index is 0.123. The molecule has 2 heterocycles. The molecule has 0 bridgehead atoms. The standard InChI is InChI=1S/C10H16ClN5O/c1-2-16(6-7-4-3-5-17-7)10-14-8(11)13-9(12)15-10/h7H,2-6H2,1H3,(H2,12,13,14,15). The van der Waals surface area contributed by atoms with Crippen LogP contribution in [0.15, 0.2) is 0 Å². The van der Waals surface area contributed by atoms with Gasteiger partial charge in [-0.3, -0.25) is 0 Å². The zero-order chi connectivity index (χ0) is 12.3. The van der Waals surface area contributed by atoms with E-state index in [9.17, 15) is 0 Å². The van der Waals surface area contributed by atoms with Gasteiger partial charge in [-0.25, -0.2) is 0 Å². The van der Waals surface area contributed by atoms with Crippen molar-refractivity contribution in [3.05, 3.63) is 5.28 Å². The molecule has 0 spiro atoms.